The van der Waals surface area contributed by atoms with Gasteiger partial charge in [0.05, 0.1) is 15.5 Å². The Hall–Kier alpha value is -1.97. The van der Waals surface area contributed by atoms with Crippen LogP contribution in [-0.2, 0) is 20.0 Å². The lowest BCUT2D eigenvalue weighted by Crippen LogP contribution is -2.27. The smallest absolute Gasteiger partial charge is 0.261 e. The Balaban J connectivity index is 2.29. The van der Waals surface area contributed by atoms with Gasteiger partial charge in [0.2, 0.25) is 10.0 Å². The molecule has 1 heterocycles. The normalized spacial score (nSPS) is 12.3. The molecule has 0 aliphatic heterocycles. The lowest BCUT2D eigenvalue weighted by molar-refractivity contribution is 0.560. The molecular weight excluding hydrogens is 350 g/mol. The third kappa shape index (κ3) is 4.76. The van der Waals surface area contributed by atoms with Crippen molar-refractivity contribution in [3.63, 3.8) is 0 Å². The number of anilines is 1. The first kappa shape index (κ1) is 18.4. The molecule has 9 heteroatoms. The molecule has 24 heavy (non-hydrogen) atoms. The van der Waals surface area contributed by atoms with Gasteiger partial charge in [-0.1, -0.05) is 19.9 Å². The van der Waals surface area contributed by atoms with Crippen molar-refractivity contribution in [3.8, 4) is 0 Å². The molecule has 130 valence electrons. The van der Waals surface area contributed by atoms with Crippen molar-refractivity contribution in [2.24, 2.45) is 5.92 Å². The van der Waals surface area contributed by atoms with Gasteiger partial charge < -0.3 is 0 Å². The van der Waals surface area contributed by atoms with E-state index in [4.69, 9.17) is 0 Å². The molecule has 1 aromatic heterocycles. The van der Waals surface area contributed by atoms with E-state index in [1.54, 1.807) is 0 Å². The van der Waals surface area contributed by atoms with Crippen molar-refractivity contribution < 1.29 is 16.8 Å². The molecule has 2 rings (SSSR count). The molecule has 0 saturated carbocycles. The zero-order valence-electron chi connectivity index (χ0n) is 13.3. The van der Waals surface area contributed by atoms with E-state index in [9.17, 15) is 16.8 Å². The maximum absolute atomic E-state index is 12.4. The maximum Gasteiger partial charge on any atom is 0.261 e. The SMILES string of the molecule is CC(C)CNS(=O)(=O)c1cccc(S(=O)(=O)Nc2ccncc2)c1. The molecule has 0 aliphatic carbocycles. The summed E-state index contributed by atoms with van der Waals surface area (Å²) in [6, 6.07) is 8.22. The van der Waals surface area contributed by atoms with Crippen LogP contribution in [0.4, 0.5) is 5.69 Å². The molecular formula is C15H19N3O4S2. The van der Waals surface area contributed by atoms with Crippen molar-refractivity contribution in [2.45, 2.75) is 23.6 Å². The second-order valence-electron chi connectivity index (χ2n) is 5.56. The van der Waals surface area contributed by atoms with E-state index in [1.807, 2.05) is 13.8 Å². The van der Waals surface area contributed by atoms with Gasteiger partial charge in [0, 0.05) is 18.9 Å². The Morgan fingerprint density at radius 2 is 1.54 bits per heavy atom. The monoisotopic (exact) mass is 369 g/mol. The van der Waals surface area contributed by atoms with Crippen molar-refractivity contribution in [1.82, 2.24) is 9.71 Å². The highest BCUT2D eigenvalue weighted by atomic mass is 32.2. The second-order valence-corrected chi connectivity index (χ2v) is 9.01. The van der Waals surface area contributed by atoms with Gasteiger partial charge >= 0.3 is 0 Å². The molecule has 0 fully saturated rings. The Kier molecular flexibility index (Phi) is 5.58. The summed E-state index contributed by atoms with van der Waals surface area (Å²) in [5.74, 6) is 0.139. The van der Waals surface area contributed by atoms with E-state index in [2.05, 4.69) is 14.4 Å². The molecule has 0 bridgehead atoms. The minimum absolute atomic E-state index is 0.0965. The number of rotatable bonds is 7. The first-order valence-electron chi connectivity index (χ1n) is 7.23. The third-order valence-electron chi connectivity index (χ3n) is 3.04. The largest absolute Gasteiger partial charge is 0.280 e. The number of hydrogen-bond donors (Lipinski definition) is 2. The fourth-order valence-electron chi connectivity index (χ4n) is 1.80. The first-order valence-corrected chi connectivity index (χ1v) is 10.2. The molecule has 0 aliphatic rings. The van der Waals surface area contributed by atoms with Gasteiger partial charge in [-0.05, 0) is 36.2 Å². The van der Waals surface area contributed by atoms with E-state index >= 15 is 0 Å². The van der Waals surface area contributed by atoms with E-state index < -0.39 is 20.0 Å². The topological polar surface area (TPSA) is 105 Å². The van der Waals surface area contributed by atoms with Gasteiger partial charge in [-0.3, -0.25) is 9.71 Å². The molecule has 0 saturated heterocycles. The first-order chi connectivity index (χ1) is 11.2. The Morgan fingerprint density at radius 1 is 0.958 bits per heavy atom. The molecule has 2 aromatic rings. The Labute approximate surface area is 142 Å². The van der Waals surface area contributed by atoms with Crippen molar-refractivity contribution in [2.75, 3.05) is 11.3 Å². The molecule has 0 spiro atoms. The molecule has 0 atom stereocenters. The highest BCUT2D eigenvalue weighted by Crippen LogP contribution is 2.19. The van der Waals surface area contributed by atoms with Crippen LogP contribution in [0, 0.1) is 5.92 Å². The summed E-state index contributed by atoms with van der Waals surface area (Å²) in [7, 11) is -7.66. The van der Waals surface area contributed by atoms with Crippen molar-refractivity contribution in [1.29, 1.82) is 0 Å². The van der Waals surface area contributed by atoms with Crippen LogP contribution < -0.4 is 9.44 Å². The van der Waals surface area contributed by atoms with Crippen LogP contribution >= 0.6 is 0 Å². The summed E-state index contributed by atoms with van der Waals surface area (Å²) in [6.07, 6.45) is 2.91. The second kappa shape index (κ2) is 7.29. The predicted molar refractivity (Wildman–Crippen MR) is 91.5 cm³/mol. The summed E-state index contributed by atoms with van der Waals surface area (Å²) >= 11 is 0. The van der Waals surface area contributed by atoms with Crippen LogP contribution in [0.5, 0.6) is 0 Å². The summed E-state index contributed by atoms with van der Waals surface area (Å²) in [5.41, 5.74) is 0.344. The number of hydrogen-bond acceptors (Lipinski definition) is 5. The van der Waals surface area contributed by atoms with Crippen molar-refractivity contribution >= 4 is 25.7 Å². The molecule has 0 unspecified atom stereocenters. The quantitative estimate of drug-likeness (QED) is 0.774. The summed E-state index contributed by atoms with van der Waals surface area (Å²) in [5, 5.41) is 0. The lowest BCUT2D eigenvalue weighted by Gasteiger charge is -2.11. The average molecular weight is 369 g/mol. The zero-order chi connectivity index (χ0) is 17.8. The summed E-state index contributed by atoms with van der Waals surface area (Å²) in [4.78, 5) is 3.58. The van der Waals surface area contributed by atoms with Crippen LogP contribution in [0.2, 0.25) is 0 Å². The highest BCUT2D eigenvalue weighted by Gasteiger charge is 2.19. The number of aromatic nitrogens is 1. The minimum Gasteiger partial charge on any atom is -0.280 e. The lowest BCUT2D eigenvalue weighted by atomic mass is 10.2. The number of benzene rings is 1. The van der Waals surface area contributed by atoms with Gasteiger partial charge in [-0.25, -0.2) is 21.6 Å². The van der Waals surface area contributed by atoms with Gasteiger partial charge in [-0.15, -0.1) is 0 Å². The molecule has 1 aromatic carbocycles. The van der Waals surface area contributed by atoms with Crippen LogP contribution in [0.15, 0.2) is 58.6 Å². The fourth-order valence-corrected chi connectivity index (χ4v) is 4.24. The molecule has 7 nitrogen and oxygen atoms in total. The third-order valence-corrected chi connectivity index (χ3v) is 5.84. The summed E-state index contributed by atoms with van der Waals surface area (Å²) < 4.78 is 54.1. The minimum atomic E-state index is -3.90. The number of nitrogens with one attached hydrogen (secondary N) is 2. The van der Waals surface area contributed by atoms with E-state index in [0.29, 0.717) is 5.69 Å². The number of nitrogens with zero attached hydrogens (tertiary/aromatic N) is 1. The Bertz CT molecular complexity index is 895. The van der Waals surface area contributed by atoms with Gasteiger partial charge in [0.1, 0.15) is 0 Å². The molecule has 0 amide bonds. The Morgan fingerprint density at radius 3 is 2.12 bits per heavy atom. The highest BCUT2D eigenvalue weighted by molar-refractivity contribution is 7.93. The van der Waals surface area contributed by atoms with Crippen LogP contribution in [0.25, 0.3) is 0 Å². The zero-order valence-corrected chi connectivity index (χ0v) is 14.9. The number of sulfonamides is 2. The van der Waals surface area contributed by atoms with Gasteiger partial charge in [0.25, 0.3) is 10.0 Å². The molecule has 0 radical (unpaired) electrons. The number of pyridine rings is 1. The standard InChI is InChI=1S/C15H19N3O4S2/c1-12(2)11-17-23(19,20)14-4-3-5-15(10-14)24(21,22)18-13-6-8-16-9-7-13/h3-10,12,17H,11H2,1-2H3,(H,16,18). The van der Waals surface area contributed by atoms with Crippen LogP contribution in [-0.4, -0.2) is 28.4 Å². The maximum atomic E-state index is 12.4. The van der Waals surface area contributed by atoms with E-state index in [0.717, 1.165) is 6.07 Å². The molecule has 2 N–H and O–H groups in total. The van der Waals surface area contributed by atoms with Crippen LogP contribution in [0.3, 0.4) is 0 Å². The van der Waals surface area contributed by atoms with Gasteiger partial charge in [-0.2, -0.15) is 0 Å². The van der Waals surface area contributed by atoms with Gasteiger partial charge in [0.15, 0.2) is 0 Å². The average Bonchev–Trinajstić information content (AvgIpc) is 2.54. The van der Waals surface area contributed by atoms with E-state index in [-0.39, 0.29) is 22.3 Å². The van der Waals surface area contributed by atoms with Crippen molar-refractivity contribution in [3.05, 3.63) is 48.8 Å². The van der Waals surface area contributed by atoms with Crippen LogP contribution in [0.1, 0.15) is 13.8 Å². The summed E-state index contributed by atoms with van der Waals surface area (Å²) in [6.45, 7) is 4.03. The fraction of sp³-hybridized carbons (Fsp3) is 0.267. The predicted octanol–water partition coefficient (Wildman–Crippen LogP) is 1.82. The van der Waals surface area contributed by atoms with E-state index in [1.165, 1.54) is 42.7 Å².